The molecule has 0 saturated heterocycles. The number of hydrogen-bond donors (Lipinski definition) is 0. The Kier molecular flexibility index (Phi) is 20.1. The molecule has 126 heavy (non-hydrogen) atoms. The number of benzene rings is 20. The fourth-order valence-corrected chi connectivity index (χ4v) is 19.7. The van der Waals surface area contributed by atoms with E-state index in [1.54, 1.807) is 0 Å². The number of hydrogen-bond acceptors (Lipinski definition) is 0. The topological polar surface area (TPSA) is 9.86 Å². The zero-order valence-corrected chi connectivity index (χ0v) is 72.7. The van der Waals surface area contributed by atoms with Gasteiger partial charge in [0, 0.05) is 56.7 Å². The summed E-state index contributed by atoms with van der Waals surface area (Å²) in [5.74, 6) is 0. The summed E-state index contributed by atoms with van der Waals surface area (Å²) in [7, 11) is 0. The third-order valence-corrected chi connectivity index (χ3v) is 26.3. The molecule has 22 aromatic rings. The van der Waals surface area contributed by atoms with Gasteiger partial charge in [0.25, 0.3) is 0 Å². The van der Waals surface area contributed by atoms with Crippen LogP contribution in [-0.2, 0) is 23.9 Å². The molecule has 0 aliphatic rings. The van der Waals surface area contributed by atoms with Crippen LogP contribution in [0.4, 0.5) is 0 Å². The zero-order chi connectivity index (χ0) is 85.3. The Morgan fingerprint density at radius 3 is 0.556 bits per heavy atom. The molecule has 0 unspecified atom stereocenters. The number of nitrogens with zero attached hydrogens (tertiary/aromatic N) is 2. The molecule has 0 radical (unpaired) electrons. The minimum atomic E-state index is -0.0142. The lowest BCUT2D eigenvalue weighted by atomic mass is 9.79. The average Bonchev–Trinajstić information content (AvgIpc) is 1.16. The van der Waals surface area contributed by atoms with Crippen molar-refractivity contribution in [3.05, 3.63) is 436 Å². The molecular weight excluding hydrogens is 1520 g/mol. The predicted octanol–water partition coefficient (Wildman–Crippen LogP) is 34.8. The second-order valence-electron chi connectivity index (χ2n) is 36.0. The van der Waals surface area contributed by atoms with Crippen LogP contribution in [0.3, 0.4) is 0 Å². The van der Waals surface area contributed by atoms with E-state index in [0.29, 0.717) is 0 Å². The maximum atomic E-state index is 2.48. The summed E-state index contributed by atoms with van der Waals surface area (Å²) in [6, 6.07) is 158. The molecule has 0 N–H and O–H groups in total. The Hall–Kier alpha value is -15.0. The lowest BCUT2D eigenvalue weighted by molar-refractivity contribution is 0.590. The minimum absolute atomic E-state index is 0.0122. The van der Waals surface area contributed by atoms with Gasteiger partial charge in [-0.2, -0.15) is 0 Å². The molecule has 0 spiro atoms. The van der Waals surface area contributed by atoms with Crippen molar-refractivity contribution in [2.75, 3.05) is 0 Å². The van der Waals surface area contributed by atoms with Crippen molar-refractivity contribution in [3.8, 4) is 134 Å². The molecule has 2 heterocycles. The monoisotopic (exact) mass is 1610 g/mol. The van der Waals surface area contributed by atoms with Crippen molar-refractivity contribution in [2.24, 2.45) is 0 Å². The van der Waals surface area contributed by atoms with Crippen LogP contribution in [0, 0.1) is 0 Å². The molecule has 2 heteroatoms. The highest BCUT2D eigenvalue weighted by molar-refractivity contribution is 6.24. The smallest absolute Gasteiger partial charge is 0.0491 e. The van der Waals surface area contributed by atoms with E-state index in [1.165, 1.54) is 231 Å². The molecule has 0 aliphatic carbocycles. The molecule has 0 saturated carbocycles. The van der Waals surface area contributed by atoms with Crippen molar-refractivity contribution in [1.82, 2.24) is 9.13 Å². The molecule has 0 amide bonds. The molecule has 0 fully saturated rings. The Balaban J connectivity index is 0.000000155. The van der Waals surface area contributed by atoms with Gasteiger partial charge in [-0.05, 0) is 285 Å². The van der Waals surface area contributed by atoms with E-state index in [2.05, 4.69) is 489 Å². The van der Waals surface area contributed by atoms with Gasteiger partial charge in [0.1, 0.15) is 0 Å². The Morgan fingerprint density at radius 2 is 0.317 bits per heavy atom. The van der Waals surface area contributed by atoms with Crippen molar-refractivity contribution >= 4 is 86.7 Å². The van der Waals surface area contributed by atoms with Crippen LogP contribution in [0.5, 0.6) is 0 Å². The van der Waals surface area contributed by atoms with Crippen LogP contribution in [0.15, 0.2) is 425 Å². The first-order chi connectivity index (χ1) is 61.6. The highest BCUT2D eigenvalue weighted by Crippen LogP contribution is 2.51. The van der Waals surface area contributed by atoms with E-state index < -0.39 is 0 Å². The summed E-state index contributed by atoms with van der Waals surface area (Å²) < 4.78 is 4.89. The SMILES string of the molecule is CCn1c2ccc(-c3ccccc3)cc2c2cc(-c3ccc(-c4c5ccc(-c6ccccc6)cc5c(-c5ccccc5)c5ccc(-c6ccccc6)cc45)cc3)ccc21.CCn1c2ccc(-c3ccccc3)cc2c2cc(-c3ccc(-c4c5ccc(C(C)(C)C)cc5c(-c5ccc(-c6ccc(-c7ccccc7)cc6)cc5)c5ccc(C(C)(C)C)cc45)cc3)ccc21. The second kappa shape index (κ2) is 32.4. The van der Waals surface area contributed by atoms with Gasteiger partial charge in [-0.1, -0.05) is 393 Å². The number of rotatable bonds is 14. The molecule has 0 atom stereocenters. The van der Waals surface area contributed by atoms with E-state index in [9.17, 15) is 0 Å². The standard InChI is InChI=1S/C66H57N.C58H41N/c1-8-67-61-37-31-51(44-17-13-10-14-18-44)39-57(61)58-40-52(32-38-62(58)67)48-25-29-50(30-26-48)64-56-36-34-53(65(2,3)4)41-59(56)63(55-35-33-54(42-60(55)64)66(5,6)7)49-27-23-47(24-28-49)46-21-19-45(20-22-46)43-15-11-9-12-16-43;1-2-59-55-33-29-47(41-19-11-5-12-20-41)35-51(55)52-36-48(30-34-56(52)59)42-23-25-44(26-24-42)58-50-32-28-45(39-15-7-3-8-16-39)37-53(50)57(43-21-13-6-14-22-43)49-31-27-46(38-54(49)58)40-17-9-4-10-18-40/h9-42H,8H2,1-7H3;3-38H,2H2,1H3. The largest absolute Gasteiger partial charge is 0.341 e. The van der Waals surface area contributed by atoms with Crippen molar-refractivity contribution in [2.45, 2.75) is 79.3 Å². The van der Waals surface area contributed by atoms with E-state index >= 15 is 0 Å². The molecule has 22 rings (SSSR count). The summed E-state index contributed by atoms with van der Waals surface area (Å²) in [5.41, 5.74) is 37.3. The van der Waals surface area contributed by atoms with Crippen molar-refractivity contribution < 1.29 is 0 Å². The van der Waals surface area contributed by atoms with Crippen LogP contribution in [0.2, 0.25) is 0 Å². The summed E-state index contributed by atoms with van der Waals surface area (Å²) in [4.78, 5) is 0. The van der Waals surface area contributed by atoms with Gasteiger partial charge in [-0.3, -0.25) is 0 Å². The Labute approximate surface area is 739 Å². The van der Waals surface area contributed by atoms with Crippen molar-refractivity contribution in [1.29, 1.82) is 0 Å². The van der Waals surface area contributed by atoms with Gasteiger partial charge in [-0.15, -0.1) is 0 Å². The molecule has 0 aliphatic heterocycles. The summed E-state index contributed by atoms with van der Waals surface area (Å²) in [6.07, 6.45) is 0. The van der Waals surface area contributed by atoms with E-state index in [4.69, 9.17) is 0 Å². The highest BCUT2D eigenvalue weighted by atomic mass is 15.0. The molecule has 2 nitrogen and oxygen atoms in total. The van der Waals surface area contributed by atoms with Gasteiger partial charge < -0.3 is 9.13 Å². The lowest BCUT2D eigenvalue weighted by Gasteiger charge is -2.25. The molecule has 2 aromatic heterocycles. The first kappa shape index (κ1) is 78.3. The van der Waals surface area contributed by atoms with Crippen LogP contribution in [0.1, 0.15) is 66.5 Å². The zero-order valence-electron chi connectivity index (χ0n) is 72.7. The van der Waals surface area contributed by atoms with E-state index in [-0.39, 0.29) is 10.8 Å². The van der Waals surface area contributed by atoms with E-state index in [1.807, 2.05) is 0 Å². The quantitative estimate of drug-likeness (QED) is 0.0961. The first-order valence-corrected chi connectivity index (χ1v) is 44.6. The van der Waals surface area contributed by atoms with Gasteiger partial charge in [0.15, 0.2) is 0 Å². The van der Waals surface area contributed by atoms with Crippen LogP contribution < -0.4 is 0 Å². The van der Waals surface area contributed by atoms with Gasteiger partial charge in [0.2, 0.25) is 0 Å². The fraction of sp³-hybridized carbons (Fsp3) is 0.0968. The lowest BCUT2D eigenvalue weighted by Crippen LogP contribution is -2.11. The number of aryl methyl sites for hydroxylation is 2. The normalized spacial score (nSPS) is 11.9. The maximum absolute atomic E-state index is 2.48. The Bertz CT molecular complexity index is 7860. The van der Waals surface area contributed by atoms with Gasteiger partial charge >= 0.3 is 0 Å². The molecule has 20 aromatic carbocycles. The van der Waals surface area contributed by atoms with Crippen molar-refractivity contribution in [3.63, 3.8) is 0 Å². The average molecular weight is 1620 g/mol. The second-order valence-corrected chi connectivity index (χ2v) is 36.0. The molecule has 604 valence electrons. The third-order valence-electron chi connectivity index (χ3n) is 26.3. The maximum Gasteiger partial charge on any atom is 0.0491 e. The minimum Gasteiger partial charge on any atom is -0.341 e. The number of aromatic nitrogens is 2. The summed E-state index contributed by atoms with van der Waals surface area (Å²) >= 11 is 0. The van der Waals surface area contributed by atoms with Crippen LogP contribution >= 0.6 is 0 Å². The van der Waals surface area contributed by atoms with Crippen LogP contribution in [0.25, 0.3) is 220 Å². The van der Waals surface area contributed by atoms with Gasteiger partial charge in [0.05, 0.1) is 0 Å². The van der Waals surface area contributed by atoms with Gasteiger partial charge in [-0.25, -0.2) is 0 Å². The predicted molar refractivity (Wildman–Crippen MR) is 543 cm³/mol. The van der Waals surface area contributed by atoms with E-state index in [0.717, 1.165) is 13.1 Å². The molecular formula is C124H98N2. The number of fused-ring (bicyclic) bond motifs is 10. The Morgan fingerprint density at radius 1 is 0.151 bits per heavy atom. The molecule has 0 bridgehead atoms. The summed E-state index contributed by atoms with van der Waals surface area (Å²) in [6.45, 7) is 20.2. The third kappa shape index (κ3) is 14.4. The highest BCUT2D eigenvalue weighted by Gasteiger charge is 2.26. The first-order valence-electron chi connectivity index (χ1n) is 44.6. The van der Waals surface area contributed by atoms with Crippen LogP contribution in [-0.4, -0.2) is 9.13 Å². The fourth-order valence-electron chi connectivity index (χ4n) is 19.7. The summed E-state index contributed by atoms with van der Waals surface area (Å²) in [5, 5.41) is 15.3.